The van der Waals surface area contributed by atoms with E-state index in [0.717, 1.165) is 5.56 Å². The van der Waals surface area contributed by atoms with Crippen LogP contribution in [0.3, 0.4) is 0 Å². The molecule has 0 saturated carbocycles. The van der Waals surface area contributed by atoms with Gasteiger partial charge in [-0.1, -0.05) is 30.3 Å². The van der Waals surface area contributed by atoms with Gasteiger partial charge in [0.2, 0.25) is 17.7 Å². The summed E-state index contributed by atoms with van der Waals surface area (Å²) in [7, 11) is 0. The second kappa shape index (κ2) is 13.3. The zero-order valence-electron chi connectivity index (χ0n) is 17.5. The highest BCUT2D eigenvalue weighted by Crippen LogP contribution is 2.05. The summed E-state index contributed by atoms with van der Waals surface area (Å²) >= 11 is 4.03. The molecule has 3 amide bonds. The number of carbonyl (C=O) groups is 5. The van der Waals surface area contributed by atoms with Crippen molar-refractivity contribution in [2.24, 2.45) is 5.73 Å². The molecule has 12 heteroatoms. The van der Waals surface area contributed by atoms with Crippen LogP contribution in [0.5, 0.6) is 0 Å². The quantitative estimate of drug-likeness (QED) is 0.178. The lowest BCUT2D eigenvalue weighted by Crippen LogP contribution is -2.58. The number of hydrogen-bond donors (Lipinski definition) is 7. The van der Waals surface area contributed by atoms with Crippen LogP contribution in [-0.2, 0) is 30.4 Å². The molecule has 1 rings (SSSR count). The van der Waals surface area contributed by atoms with Gasteiger partial charge in [-0.05, 0) is 18.9 Å². The minimum absolute atomic E-state index is 0.127. The Kier molecular flexibility index (Phi) is 11.2. The van der Waals surface area contributed by atoms with Gasteiger partial charge in [-0.15, -0.1) is 0 Å². The van der Waals surface area contributed by atoms with Crippen molar-refractivity contribution in [1.29, 1.82) is 0 Å². The summed E-state index contributed by atoms with van der Waals surface area (Å²) < 4.78 is 0. The van der Waals surface area contributed by atoms with E-state index in [1.54, 1.807) is 30.3 Å². The molecular weight excluding hydrogens is 440 g/mol. The van der Waals surface area contributed by atoms with Crippen molar-refractivity contribution in [1.82, 2.24) is 16.0 Å². The second-order valence-electron chi connectivity index (χ2n) is 7.12. The highest BCUT2D eigenvalue weighted by molar-refractivity contribution is 7.80. The molecule has 0 aliphatic carbocycles. The van der Waals surface area contributed by atoms with E-state index in [9.17, 15) is 29.1 Å². The first kappa shape index (κ1) is 26.9. The zero-order chi connectivity index (χ0) is 24.3. The minimum atomic E-state index is -1.45. The third-order valence-corrected chi connectivity index (χ3v) is 4.77. The van der Waals surface area contributed by atoms with Crippen LogP contribution >= 0.6 is 12.6 Å². The van der Waals surface area contributed by atoms with Gasteiger partial charge < -0.3 is 31.9 Å². The number of hydrogen-bond acceptors (Lipinski definition) is 7. The number of nitrogens with two attached hydrogens (primary N) is 1. The molecule has 7 N–H and O–H groups in total. The van der Waals surface area contributed by atoms with Gasteiger partial charge in [0.1, 0.15) is 18.1 Å². The lowest BCUT2D eigenvalue weighted by Gasteiger charge is -2.24. The number of carboxylic acids is 2. The number of carbonyl (C=O) groups excluding carboxylic acids is 3. The highest BCUT2D eigenvalue weighted by atomic mass is 32.1. The summed E-state index contributed by atoms with van der Waals surface area (Å²) in [5.41, 5.74) is 6.32. The van der Waals surface area contributed by atoms with Crippen molar-refractivity contribution in [3.05, 3.63) is 35.9 Å². The Bertz CT molecular complexity index is 819. The molecular formula is C20H28N4O7S. The lowest BCUT2D eigenvalue weighted by atomic mass is 10.0. The molecule has 32 heavy (non-hydrogen) atoms. The number of carboxylic acid groups (broad SMARTS) is 2. The SMILES string of the molecule is CC(N)C(=O)NC(Cc1ccccc1)C(=O)NC(CS)C(=O)NC(CCC(=O)O)C(=O)O. The molecule has 0 fully saturated rings. The summed E-state index contributed by atoms with van der Waals surface area (Å²) in [4.78, 5) is 59.4. The zero-order valence-corrected chi connectivity index (χ0v) is 18.4. The molecule has 1 aromatic carbocycles. The van der Waals surface area contributed by atoms with E-state index in [-0.39, 0.29) is 18.6 Å². The van der Waals surface area contributed by atoms with E-state index in [4.69, 9.17) is 10.8 Å². The first-order valence-electron chi connectivity index (χ1n) is 9.81. The molecule has 11 nitrogen and oxygen atoms in total. The lowest BCUT2D eigenvalue weighted by molar-refractivity contribution is -0.143. The Morgan fingerprint density at radius 1 is 0.906 bits per heavy atom. The average molecular weight is 469 g/mol. The van der Waals surface area contributed by atoms with Crippen molar-refractivity contribution in [2.45, 2.75) is 50.4 Å². The maximum Gasteiger partial charge on any atom is 0.326 e. The van der Waals surface area contributed by atoms with Gasteiger partial charge in [0.15, 0.2) is 0 Å². The molecule has 0 aromatic heterocycles. The number of amides is 3. The maximum absolute atomic E-state index is 12.8. The van der Waals surface area contributed by atoms with Crippen molar-refractivity contribution in [3.8, 4) is 0 Å². The third-order valence-electron chi connectivity index (χ3n) is 4.41. The van der Waals surface area contributed by atoms with E-state index < -0.39 is 60.2 Å². The van der Waals surface area contributed by atoms with E-state index in [2.05, 4.69) is 28.6 Å². The van der Waals surface area contributed by atoms with E-state index in [0.29, 0.717) is 0 Å². The molecule has 1 aromatic rings. The fourth-order valence-corrected chi connectivity index (χ4v) is 2.88. The van der Waals surface area contributed by atoms with E-state index in [1.165, 1.54) is 6.92 Å². The Balaban J connectivity index is 2.91. The number of rotatable bonds is 13. The Morgan fingerprint density at radius 2 is 1.44 bits per heavy atom. The Morgan fingerprint density at radius 3 is 1.94 bits per heavy atom. The van der Waals surface area contributed by atoms with Gasteiger partial charge in [-0.25, -0.2) is 4.79 Å². The molecule has 4 unspecified atom stereocenters. The van der Waals surface area contributed by atoms with Gasteiger partial charge in [-0.3, -0.25) is 19.2 Å². The molecule has 0 aliphatic heterocycles. The van der Waals surface area contributed by atoms with Gasteiger partial charge >= 0.3 is 11.9 Å². The van der Waals surface area contributed by atoms with Crippen LogP contribution in [-0.4, -0.2) is 69.8 Å². The number of nitrogens with one attached hydrogen (secondary N) is 3. The summed E-state index contributed by atoms with van der Waals surface area (Å²) in [6.07, 6.45) is -0.662. The molecule has 0 spiro atoms. The fourth-order valence-electron chi connectivity index (χ4n) is 2.63. The predicted octanol–water partition coefficient (Wildman–Crippen LogP) is -1.09. The minimum Gasteiger partial charge on any atom is -0.481 e. The molecule has 0 saturated heterocycles. The highest BCUT2D eigenvalue weighted by Gasteiger charge is 2.29. The summed E-state index contributed by atoms with van der Waals surface area (Å²) in [5.74, 6) is -4.87. The van der Waals surface area contributed by atoms with Crippen LogP contribution < -0.4 is 21.7 Å². The summed E-state index contributed by atoms with van der Waals surface area (Å²) in [6.45, 7) is 1.46. The van der Waals surface area contributed by atoms with Crippen LogP contribution in [0, 0.1) is 0 Å². The summed E-state index contributed by atoms with van der Waals surface area (Å²) in [5, 5.41) is 25.1. The van der Waals surface area contributed by atoms with Gasteiger partial charge in [-0.2, -0.15) is 12.6 Å². The summed E-state index contributed by atoms with van der Waals surface area (Å²) in [6, 6.07) is 4.28. The molecule has 0 radical (unpaired) electrons. The third kappa shape index (κ3) is 9.35. The number of aliphatic carboxylic acids is 2. The molecule has 0 bridgehead atoms. The van der Waals surface area contributed by atoms with Crippen molar-refractivity contribution in [3.63, 3.8) is 0 Å². The molecule has 176 valence electrons. The topological polar surface area (TPSA) is 188 Å². The van der Waals surface area contributed by atoms with Crippen molar-refractivity contribution >= 4 is 42.3 Å². The number of thiol groups is 1. The average Bonchev–Trinajstić information content (AvgIpc) is 2.74. The normalized spacial score (nSPS) is 14.3. The van der Waals surface area contributed by atoms with E-state index in [1.807, 2.05) is 0 Å². The monoisotopic (exact) mass is 468 g/mol. The van der Waals surface area contributed by atoms with Crippen LogP contribution in [0.4, 0.5) is 0 Å². The predicted molar refractivity (Wildman–Crippen MR) is 118 cm³/mol. The molecule has 0 heterocycles. The largest absolute Gasteiger partial charge is 0.481 e. The molecule has 0 aliphatic rings. The fraction of sp³-hybridized carbons (Fsp3) is 0.450. The van der Waals surface area contributed by atoms with Crippen LogP contribution in [0.25, 0.3) is 0 Å². The van der Waals surface area contributed by atoms with Crippen LogP contribution in [0.1, 0.15) is 25.3 Å². The Hall–Kier alpha value is -3.12. The smallest absolute Gasteiger partial charge is 0.326 e. The first-order valence-corrected chi connectivity index (χ1v) is 10.4. The van der Waals surface area contributed by atoms with E-state index >= 15 is 0 Å². The van der Waals surface area contributed by atoms with Crippen molar-refractivity contribution in [2.75, 3.05) is 5.75 Å². The number of benzene rings is 1. The van der Waals surface area contributed by atoms with Gasteiger partial charge in [0.05, 0.1) is 6.04 Å². The van der Waals surface area contributed by atoms with Crippen LogP contribution in [0.15, 0.2) is 30.3 Å². The van der Waals surface area contributed by atoms with Gasteiger partial charge in [0.25, 0.3) is 0 Å². The first-order chi connectivity index (χ1) is 15.0. The maximum atomic E-state index is 12.8. The van der Waals surface area contributed by atoms with Gasteiger partial charge in [0, 0.05) is 18.6 Å². The second-order valence-corrected chi connectivity index (χ2v) is 7.48. The molecule has 4 atom stereocenters. The Labute approximate surface area is 190 Å². The standard InChI is InChI=1S/C20H28N4O7S/c1-11(21)17(27)23-14(9-12-5-3-2-4-6-12)18(28)24-15(10-32)19(29)22-13(20(30)31)7-8-16(25)26/h2-6,11,13-15,32H,7-10,21H2,1H3,(H,22,29)(H,23,27)(H,24,28)(H,25,26)(H,30,31). The van der Waals surface area contributed by atoms with Crippen LogP contribution in [0.2, 0.25) is 0 Å². The van der Waals surface area contributed by atoms with Crippen molar-refractivity contribution < 1.29 is 34.2 Å².